The number of nitrogens with one attached hydrogen (secondary N) is 1. The highest BCUT2D eigenvalue weighted by atomic mass is 32.1. The summed E-state index contributed by atoms with van der Waals surface area (Å²) < 4.78 is 0. The Kier molecular flexibility index (Phi) is 7.49. The molecule has 0 radical (unpaired) electrons. The highest BCUT2D eigenvalue weighted by molar-refractivity contribution is 7.10. The third kappa shape index (κ3) is 6.54. The number of rotatable bonds is 9. The molecule has 0 unspecified atom stereocenters. The Bertz CT molecular complexity index is 626. The van der Waals surface area contributed by atoms with Crippen molar-refractivity contribution in [3.8, 4) is 0 Å². The van der Waals surface area contributed by atoms with Crippen LogP contribution < -0.4 is 5.32 Å². The van der Waals surface area contributed by atoms with E-state index in [1.807, 2.05) is 35.7 Å². The summed E-state index contributed by atoms with van der Waals surface area (Å²) in [5, 5.41) is 4.85. The van der Waals surface area contributed by atoms with E-state index in [9.17, 15) is 9.59 Å². The molecule has 1 heterocycles. The molecule has 5 heteroatoms. The molecule has 1 aromatic heterocycles. The molecule has 24 heavy (non-hydrogen) atoms. The molecule has 0 spiro atoms. The minimum Gasteiger partial charge on any atom is -0.354 e. The second-order valence-electron chi connectivity index (χ2n) is 5.70. The smallest absolute Gasteiger partial charge is 0.225 e. The van der Waals surface area contributed by atoms with Crippen molar-refractivity contribution in [2.45, 2.75) is 26.2 Å². The first kappa shape index (κ1) is 18.2. The van der Waals surface area contributed by atoms with Crippen LogP contribution in [-0.2, 0) is 22.4 Å². The number of nitrogens with zero attached hydrogens (tertiary/aromatic N) is 1. The SMILES string of the molecule is CC(=O)N(CCCc1ccccc1)CCNC(=O)Cc1cccs1. The lowest BCUT2D eigenvalue weighted by Crippen LogP contribution is -2.38. The van der Waals surface area contributed by atoms with E-state index in [0.29, 0.717) is 26.1 Å². The van der Waals surface area contributed by atoms with Crippen molar-refractivity contribution in [1.82, 2.24) is 10.2 Å². The molecule has 2 rings (SSSR count). The maximum atomic E-state index is 11.9. The molecule has 0 bridgehead atoms. The fraction of sp³-hybridized carbons (Fsp3) is 0.368. The summed E-state index contributed by atoms with van der Waals surface area (Å²) in [6.45, 7) is 3.34. The van der Waals surface area contributed by atoms with Crippen LogP contribution in [0.3, 0.4) is 0 Å². The lowest BCUT2D eigenvalue weighted by Gasteiger charge is -2.21. The Morgan fingerprint density at radius 2 is 1.88 bits per heavy atom. The molecule has 0 saturated heterocycles. The van der Waals surface area contributed by atoms with Crippen LogP contribution in [0.2, 0.25) is 0 Å². The van der Waals surface area contributed by atoms with Gasteiger partial charge in [-0.05, 0) is 29.9 Å². The second-order valence-corrected chi connectivity index (χ2v) is 6.73. The Morgan fingerprint density at radius 1 is 1.08 bits per heavy atom. The van der Waals surface area contributed by atoms with E-state index in [0.717, 1.165) is 17.7 Å². The molecule has 2 aromatic rings. The highest BCUT2D eigenvalue weighted by Gasteiger charge is 2.09. The minimum atomic E-state index is 0.00485. The number of amides is 2. The maximum Gasteiger partial charge on any atom is 0.225 e. The van der Waals surface area contributed by atoms with Gasteiger partial charge >= 0.3 is 0 Å². The van der Waals surface area contributed by atoms with Crippen molar-refractivity contribution in [3.63, 3.8) is 0 Å². The summed E-state index contributed by atoms with van der Waals surface area (Å²) in [6.07, 6.45) is 2.29. The third-order valence-corrected chi connectivity index (χ3v) is 4.68. The van der Waals surface area contributed by atoms with E-state index >= 15 is 0 Å². The van der Waals surface area contributed by atoms with Crippen molar-refractivity contribution in [1.29, 1.82) is 0 Å². The van der Waals surface area contributed by atoms with Crippen LogP contribution in [0.5, 0.6) is 0 Å². The molecule has 0 fully saturated rings. The van der Waals surface area contributed by atoms with Gasteiger partial charge in [0.1, 0.15) is 0 Å². The van der Waals surface area contributed by atoms with Gasteiger partial charge in [0.25, 0.3) is 0 Å². The van der Waals surface area contributed by atoms with Crippen LogP contribution in [-0.4, -0.2) is 36.3 Å². The molecule has 1 N–H and O–H groups in total. The standard InChI is InChI=1S/C19H24N2O2S/c1-16(22)21(12-5-9-17-7-3-2-4-8-17)13-11-20-19(23)15-18-10-6-14-24-18/h2-4,6-8,10,14H,5,9,11-13,15H2,1H3,(H,20,23). The normalized spacial score (nSPS) is 10.4. The molecule has 2 amide bonds. The van der Waals surface area contributed by atoms with E-state index in [1.54, 1.807) is 23.2 Å². The number of aryl methyl sites for hydroxylation is 1. The van der Waals surface area contributed by atoms with Gasteiger partial charge in [0.15, 0.2) is 0 Å². The van der Waals surface area contributed by atoms with Crippen LogP contribution in [0.1, 0.15) is 23.8 Å². The highest BCUT2D eigenvalue weighted by Crippen LogP contribution is 2.08. The maximum absolute atomic E-state index is 11.9. The van der Waals surface area contributed by atoms with Gasteiger partial charge in [0.05, 0.1) is 6.42 Å². The van der Waals surface area contributed by atoms with Crippen LogP contribution in [0.15, 0.2) is 47.8 Å². The first-order chi connectivity index (χ1) is 11.6. The molecule has 0 aliphatic rings. The molecule has 0 aliphatic heterocycles. The molecule has 0 aliphatic carbocycles. The summed E-state index contributed by atoms with van der Waals surface area (Å²) in [6, 6.07) is 14.2. The predicted molar refractivity (Wildman–Crippen MR) is 98.0 cm³/mol. The Hall–Kier alpha value is -2.14. The van der Waals surface area contributed by atoms with Gasteiger partial charge in [-0.15, -0.1) is 11.3 Å². The van der Waals surface area contributed by atoms with E-state index in [1.165, 1.54) is 5.56 Å². The summed E-state index contributed by atoms with van der Waals surface area (Å²) in [5.74, 6) is 0.0563. The predicted octanol–water partition coefficient (Wildman–Crippen LogP) is 2.89. The fourth-order valence-corrected chi connectivity index (χ4v) is 3.21. The first-order valence-corrected chi connectivity index (χ1v) is 9.11. The van der Waals surface area contributed by atoms with Crippen LogP contribution in [0.25, 0.3) is 0 Å². The average Bonchev–Trinajstić information content (AvgIpc) is 3.07. The summed E-state index contributed by atoms with van der Waals surface area (Å²) in [5.41, 5.74) is 1.28. The van der Waals surface area contributed by atoms with Crippen LogP contribution >= 0.6 is 11.3 Å². The third-order valence-electron chi connectivity index (χ3n) is 3.80. The van der Waals surface area contributed by atoms with Gasteiger partial charge in [-0.25, -0.2) is 0 Å². The van der Waals surface area contributed by atoms with Crippen LogP contribution in [0, 0.1) is 0 Å². The van der Waals surface area contributed by atoms with Gasteiger partial charge in [0.2, 0.25) is 11.8 Å². The zero-order valence-electron chi connectivity index (χ0n) is 14.0. The van der Waals surface area contributed by atoms with Crippen LogP contribution in [0.4, 0.5) is 0 Å². The Balaban J connectivity index is 1.67. The quantitative estimate of drug-likeness (QED) is 0.760. The lowest BCUT2D eigenvalue weighted by molar-refractivity contribution is -0.129. The van der Waals surface area contributed by atoms with Crippen molar-refractivity contribution in [2.24, 2.45) is 0 Å². The molecule has 1 aromatic carbocycles. The Morgan fingerprint density at radius 3 is 2.54 bits per heavy atom. The number of thiophene rings is 1. The zero-order valence-corrected chi connectivity index (χ0v) is 14.8. The lowest BCUT2D eigenvalue weighted by atomic mass is 10.1. The number of benzene rings is 1. The number of carbonyl (C=O) groups excluding carboxylic acids is 2. The number of hydrogen-bond donors (Lipinski definition) is 1. The summed E-state index contributed by atoms with van der Waals surface area (Å²) in [4.78, 5) is 26.4. The van der Waals surface area contributed by atoms with Gasteiger partial charge in [-0.3, -0.25) is 9.59 Å². The fourth-order valence-electron chi connectivity index (χ4n) is 2.51. The van der Waals surface area contributed by atoms with E-state index in [-0.39, 0.29) is 11.8 Å². The van der Waals surface area contributed by atoms with E-state index in [4.69, 9.17) is 0 Å². The molecule has 0 saturated carbocycles. The number of carbonyl (C=O) groups is 2. The van der Waals surface area contributed by atoms with Gasteiger partial charge in [-0.1, -0.05) is 36.4 Å². The van der Waals surface area contributed by atoms with Crippen molar-refractivity contribution in [2.75, 3.05) is 19.6 Å². The zero-order chi connectivity index (χ0) is 17.2. The van der Waals surface area contributed by atoms with Crippen molar-refractivity contribution < 1.29 is 9.59 Å². The second kappa shape index (κ2) is 9.88. The number of hydrogen-bond acceptors (Lipinski definition) is 3. The van der Waals surface area contributed by atoms with E-state index < -0.39 is 0 Å². The van der Waals surface area contributed by atoms with E-state index in [2.05, 4.69) is 17.4 Å². The largest absolute Gasteiger partial charge is 0.354 e. The molecule has 4 nitrogen and oxygen atoms in total. The topological polar surface area (TPSA) is 49.4 Å². The van der Waals surface area contributed by atoms with Gasteiger partial charge in [0, 0.05) is 31.4 Å². The Labute approximate surface area is 147 Å². The first-order valence-electron chi connectivity index (χ1n) is 8.23. The molecular formula is C19H24N2O2S. The van der Waals surface area contributed by atoms with Gasteiger partial charge in [-0.2, -0.15) is 0 Å². The average molecular weight is 344 g/mol. The molecule has 0 atom stereocenters. The minimum absolute atomic E-state index is 0.00485. The molecule has 128 valence electrons. The summed E-state index contributed by atoms with van der Waals surface area (Å²) in [7, 11) is 0. The van der Waals surface area contributed by atoms with Gasteiger partial charge < -0.3 is 10.2 Å². The van der Waals surface area contributed by atoms with Crippen molar-refractivity contribution >= 4 is 23.2 Å². The summed E-state index contributed by atoms with van der Waals surface area (Å²) >= 11 is 1.58. The monoisotopic (exact) mass is 344 g/mol. The molecular weight excluding hydrogens is 320 g/mol. The van der Waals surface area contributed by atoms with Crippen molar-refractivity contribution in [3.05, 3.63) is 58.3 Å².